The average Bonchev–Trinajstić information content (AvgIpc) is 2.53. The lowest BCUT2D eigenvalue weighted by Gasteiger charge is -2.22. The van der Waals surface area contributed by atoms with Crippen LogP contribution in [0.25, 0.3) is 0 Å². The minimum absolute atomic E-state index is 0.0689. The van der Waals surface area contributed by atoms with Gasteiger partial charge in [0.25, 0.3) is 0 Å². The first-order valence-electron chi connectivity index (χ1n) is 8.70. The van der Waals surface area contributed by atoms with Crippen molar-refractivity contribution in [3.05, 3.63) is 64.7 Å². The van der Waals surface area contributed by atoms with Gasteiger partial charge in [-0.1, -0.05) is 6.07 Å². The molecule has 148 valence electrons. The lowest BCUT2D eigenvalue weighted by atomic mass is 10.0. The van der Waals surface area contributed by atoms with E-state index in [0.717, 1.165) is 0 Å². The van der Waals surface area contributed by atoms with Crippen molar-refractivity contribution in [3.63, 3.8) is 0 Å². The Morgan fingerprint density at radius 3 is 2.54 bits per heavy atom. The van der Waals surface area contributed by atoms with Crippen LogP contribution in [0.4, 0.5) is 13.6 Å². The molecule has 1 atom stereocenters. The maximum atomic E-state index is 14.0. The van der Waals surface area contributed by atoms with Crippen molar-refractivity contribution in [2.24, 2.45) is 0 Å². The molecule has 2 aromatic carbocycles. The Bertz CT molecular complexity index is 901. The van der Waals surface area contributed by atoms with Crippen LogP contribution in [-0.4, -0.2) is 17.9 Å². The van der Waals surface area contributed by atoms with Gasteiger partial charge in [-0.15, -0.1) is 0 Å². The number of nitriles is 1. The number of nitrogens with one attached hydrogen (secondary N) is 1. The third-order valence-electron chi connectivity index (χ3n) is 3.52. The first-order chi connectivity index (χ1) is 13.1. The Morgan fingerprint density at radius 2 is 1.89 bits per heavy atom. The minimum Gasteiger partial charge on any atom is -0.471 e. The summed E-state index contributed by atoms with van der Waals surface area (Å²) in [6.07, 6.45) is -1.11. The number of benzene rings is 2. The summed E-state index contributed by atoms with van der Waals surface area (Å²) in [6.45, 7) is 6.81. The quantitative estimate of drug-likeness (QED) is 0.755. The summed E-state index contributed by atoms with van der Waals surface area (Å²) in [6, 6.07) is 10.1. The van der Waals surface area contributed by atoms with E-state index in [0.29, 0.717) is 11.1 Å². The van der Waals surface area contributed by atoms with Crippen LogP contribution in [0.15, 0.2) is 36.4 Å². The average molecular weight is 388 g/mol. The minimum atomic E-state index is -0.750. The molecule has 0 aromatic heterocycles. The van der Waals surface area contributed by atoms with E-state index in [1.54, 1.807) is 39.8 Å². The molecule has 2 rings (SSSR count). The van der Waals surface area contributed by atoms with Gasteiger partial charge in [-0.2, -0.15) is 5.26 Å². The fourth-order valence-electron chi connectivity index (χ4n) is 2.50. The molecule has 0 aliphatic rings. The van der Waals surface area contributed by atoms with Crippen LogP contribution >= 0.6 is 0 Å². The Morgan fingerprint density at radius 1 is 1.18 bits per heavy atom. The molecule has 0 fully saturated rings. The normalized spacial score (nSPS) is 12.0. The van der Waals surface area contributed by atoms with E-state index in [1.165, 1.54) is 30.3 Å². The molecule has 0 heterocycles. The summed E-state index contributed by atoms with van der Waals surface area (Å²) in [5, 5.41) is 11.4. The molecule has 0 saturated carbocycles. The number of nitrogens with zero attached hydrogens (tertiary/aromatic N) is 1. The molecule has 2 aromatic rings. The molecule has 0 aliphatic heterocycles. The monoisotopic (exact) mass is 388 g/mol. The fourth-order valence-corrected chi connectivity index (χ4v) is 2.50. The van der Waals surface area contributed by atoms with Gasteiger partial charge in [0.15, 0.2) is 6.23 Å². The molecule has 1 unspecified atom stereocenters. The molecule has 28 heavy (non-hydrogen) atoms. The summed E-state index contributed by atoms with van der Waals surface area (Å²) in [4.78, 5) is 11.8. The van der Waals surface area contributed by atoms with E-state index in [9.17, 15) is 13.6 Å². The van der Waals surface area contributed by atoms with E-state index in [-0.39, 0.29) is 17.7 Å². The standard InChI is InChI=1S/C21H22F2N2O3/c1-13(25-20(26)28-21(2,3)4)27-18-10-15(9-17(22)11-18)7-14-5-6-19(23)16(8-14)12-24/h5-6,8-11,13H,7H2,1-4H3,(H,25,26). The Kier molecular flexibility index (Phi) is 6.57. The van der Waals surface area contributed by atoms with Gasteiger partial charge in [-0.05, 0) is 69.5 Å². The third kappa shape index (κ3) is 6.54. The smallest absolute Gasteiger partial charge is 0.410 e. The second-order valence-electron chi connectivity index (χ2n) is 7.30. The van der Waals surface area contributed by atoms with Gasteiger partial charge in [0.1, 0.15) is 29.1 Å². The lowest BCUT2D eigenvalue weighted by Crippen LogP contribution is -2.40. The van der Waals surface area contributed by atoms with Gasteiger partial charge in [0.2, 0.25) is 0 Å². The van der Waals surface area contributed by atoms with Crippen LogP contribution in [0.5, 0.6) is 5.75 Å². The highest BCUT2D eigenvalue weighted by atomic mass is 19.1. The van der Waals surface area contributed by atoms with Gasteiger partial charge in [0, 0.05) is 6.07 Å². The second-order valence-corrected chi connectivity index (χ2v) is 7.30. The number of hydrogen-bond acceptors (Lipinski definition) is 4. The molecule has 7 heteroatoms. The largest absolute Gasteiger partial charge is 0.471 e. The number of carbonyl (C=O) groups is 1. The summed E-state index contributed by atoms with van der Waals surface area (Å²) in [5.74, 6) is -0.891. The molecule has 0 radical (unpaired) electrons. The van der Waals surface area contributed by atoms with Gasteiger partial charge in [0.05, 0.1) is 5.56 Å². The van der Waals surface area contributed by atoms with Crippen molar-refractivity contribution in [2.75, 3.05) is 0 Å². The highest BCUT2D eigenvalue weighted by Gasteiger charge is 2.18. The van der Waals surface area contributed by atoms with E-state index >= 15 is 0 Å². The summed E-state index contributed by atoms with van der Waals surface area (Å²) < 4.78 is 38.1. The van der Waals surface area contributed by atoms with Crippen molar-refractivity contribution in [2.45, 2.75) is 45.9 Å². The van der Waals surface area contributed by atoms with E-state index in [2.05, 4.69) is 5.32 Å². The maximum Gasteiger partial charge on any atom is 0.410 e. The Labute approximate surface area is 162 Å². The van der Waals surface area contributed by atoms with Crippen LogP contribution in [0.2, 0.25) is 0 Å². The van der Waals surface area contributed by atoms with E-state index < -0.39 is 29.6 Å². The Balaban J connectivity index is 2.08. The van der Waals surface area contributed by atoms with Gasteiger partial charge in [-0.25, -0.2) is 13.6 Å². The van der Waals surface area contributed by atoms with Crippen molar-refractivity contribution in [3.8, 4) is 11.8 Å². The molecule has 0 bridgehead atoms. The Hall–Kier alpha value is -3.14. The molecule has 0 aliphatic carbocycles. The van der Waals surface area contributed by atoms with Crippen molar-refractivity contribution in [1.82, 2.24) is 5.32 Å². The van der Waals surface area contributed by atoms with Crippen LogP contribution in [0.3, 0.4) is 0 Å². The number of hydrogen-bond donors (Lipinski definition) is 1. The highest BCUT2D eigenvalue weighted by molar-refractivity contribution is 5.67. The molecule has 0 spiro atoms. The SMILES string of the molecule is CC(NC(=O)OC(C)(C)C)Oc1cc(F)cc(Cc2ccc(F)c(C#N)c2)c1. The molecule has 0 saturated heterocycles. The zero-order chi connectivity index (χ0) is 20.9. The number of rotatable bonds is 5. The first-order valence-corrected chi connectivity index (χ1v) is 8.70. The van der Waals surface area contributed by atoms with Crippen LogP contribution in [-0.2, 0) is 11.2 Å². The highest BCUT2D eigenvalue weighted by Crippen LogP contribution is 2.21. The second kappa shape index (κ2) is 8.70. The van der Waals surface area contributed by atoms with Crippen molar-refractivity contribution < 1.29 is 23.0 Å². The maximum absolute atomic E-state index is 14.0. The number of halogens is 2. The first kappa shape index (κ1) is 21.2. The zero-order valence-electron chi connectivity index (χ0n) is 16.2. The van der Waals surface area contributed by atoms with Crippen molar-refractivity contribution >= 4 is 6.09 Å². The number of amides is 1. The van der Waals surface area contributed by atoms with E-state index in [1.807, 2.05) is 0 Å². The molecular formula is C21H22F2N2O3. The number of carbonyl (C=O) groups excluding carboxylic acids is 1. The topological polar surface area (TPSA) is 71.3 Å². The predicted molar refractivity (Wildman–Crippen MR) is 99.8 cm³/mol. The predicted octanol–water partition coefficient (Wildman–Crippen LogP) is 4.68. The number of alkyl carbamates (subject to hydrolysis) is 1. The fraction of sp³-hybridized carbons (Fsp3) is 0.333. The third-order valence-corrected chi connectivity index (χ3v) is 3.52. The van der Waals surface area contributed by atoms with Crippen LogP contribution in [0, 0.1) is 23.0 Å². The molecule has 1 amide bonds. The lowest BCUT2D eigenvalue weighted by molar-refractivity contribution is 0.0414. The molecular weight excluding hydrogens is 366 g/mol. The summed E-state index contributed by atoms with van der Waals surface area (Å²) in [7, 11) is 0. The van der Waals surface area contributed by atoms with Gasteiger partial charge < -0.3 is 9.47 Å². The summed E-state index contributed by atoms with van der Waals surface area (Å²) >= 11 is 0. The molecule has 5 nitrogen and oxygen atoms in total. The van der Waals surface area contributed by atoms with Crippen LogP contribution in [0.1, 0.15) is 44.4 Å². The van der Waals surface area contributed by atoms with Gasteiger partial charge >= 0.3 is 6.09 Å². The summed E-state index contributed by atoms with van der Waals surface area (Å²) in [5.41, 5.74) is 0.526. The number of ether oxygens (including phenoxy) is 2. The van der Waals surface area contributed by atoms with E-state index in [4.69, 9.17) is 14.7 Å². The zero-order valence-corrected chi connectivity index (χ0v) is 16.2. The van der Waals surface area contributed by atoms with Gasteiger partial charge in [-0.3, -0.25) is 5.32 Å². The molecule has 1 N–H and O–H groups in total. The van der Waals surface area contributed by atoms with Crippen molar-refractivity contribution in [1.29, 1.82) is 5.26 Å². The van der Waals surface area contributed by atoms with Crippen LogP contribution < -0.4 is 10.1 Å².